The van der Waals surface area contributed by atoms with Crippen LogP contribution in [-0.4, -0.2) is 16.8 Å². The lowest BCUT2D eigenvalue weighted by Gasteiger charge is -2.46. The highest BCUT2D eigenvalue weighted by molar-refractivity contribution is 5.36. The number of ether oxygens (including phenoxy) is 1. The highest BCUT2D eigenvalue weighted by Gasteiger charge is 2.45. The molecule has 2 N–H and O–H groups in total. The predicted molar refractivity (Wildman–Crippen MR) is 62.8 cm³/mol. The number of pyridine rings is 1. The number of nitrogens with zero attached hydrogens (tertiary/aromatic N) is 1. The van der Waals surface area contributed by atoms with E-state index in [4.69, 9.17) is 10.5 Å². The quantitative estimate of drug-likeness (QED) is 0.855. The van der Waals surface area contributed by atoms with E-state index in [-0.39, 0.29) is 17.2 Å². The summed E-state index contributed by atoms with van der Waals surface area (Å²) in [6.07, 6.45) is -0.309. The Morgan fingerprint density at radius 1 is 1.42 bits per heavy atom. The summed E-state index contributed by atoms with van der Waals surface area (Å²) in [5.74, 6) is 0.407. The van der Waals surface area contributed by atoms with E-state index < -0.39 is 12.6 Å². The highest BCUT2D eigenvalue weighted by Crippen LogP contribution is 2.47. The Hall–Kier alpha value is -1.30. The molecule has 1 aliphatic heterocycles. The minimum absolute atomic E-state index is 0.134. The lowest BCUT2D eigenvalue weighted by Crippen LogP contribution is -2.48. The van der Waals surface area contributed by atoms with Crippen LogP contribution in [0.5, 0.6) is 5.88 Å². The molecule has 2 aliphatic rings. The minimum atomic E-state index is -4.23. The Morgan fingerprint density at radius 2 is 2.16 bits per heavy atom. The summed E-state index contributed by atoms with van der Waals surface area (Å²) in [7, 11) is 0. The first kappa shape index (κ1) is 12.7. The number of aromatic nitrogens is 1. The second kappa shape index (κ2) is 4.10. The summed E-state index contributed by atoms with van der Waals surface area (Å²) >= 11 is 0. The van der Waals surface area contributed by atoms with Crippen molar-refractivity contribution < 1.29 is 17.9 Å². The Labute approximate surface area is 109 Å². The van der Waals surface area contributed by atoms with Crippen LogP contribution in [0, 0.1) is 0 Å². The standard InChI is InChI=1S/C13H15F3N2O/c14-13(15,16)5-8-4-9-10(17)6-12(2-1-3-12)19-11(9)18-7-8/h4,7,10H,1-3,5-6,17H2/t10-/m0/s1. The zero-order valence-corrected chi connectivity index (χ0v) is 10.3. The molecule has 1 spiro atoms. The van der Waals surface area contributed by atoms with E-state index >= 15 is 0 Å². The molecule has 2 heterocycles. The Bertz CT molecular complexity index is 497. The van der Waals surface area contributed by atoms with Crippen molar-refractivity contribution in [3.63, 3.8) is 0 Å². The molecule has 3 rings (SSSR count). The molecule has 6 heteroatoms. The summed E-state index contributed by atoms with van der Waals surface area (Å²) in [5.41, 5.74) is 6.58. The van der Waals surface area contributed by atoms with Gasteiger partial charge in [0.1, 0.15) is 5.60 Å². The summed E-state index contributed by atoms with van der Waals surface area (Å²) in [4.78, 5) is 4.03. The zero-order chi connectivity index (χ0) is 13.7. The van der Waals surface area contributed by atoms with Crippen LogP contribution in [-0.2, 0) is 6.42 Å². The maximum absolute atomic E-state index is 12.4. The van der Waals surface area contributed by atoms with Gasteiger partial charge in [-0.25, -0.2) is 4.98 Å². The number of rotatable bonds is 1. The number of alkyl halides is 3. The van der Waals surface area contributed by atoms with Crippen molar-refractivity contribution in [2.24, 2.45) is 5.73 Å². The summed E-state index contributed by atoms with van der Waals surface area (Å²) in [6, 6.07) is 1.19. The van der Waals surface area contributed by atoms with Gasteiger partial charge in [-0.05, 0) is 30.9 Å². The Kier molecular flexibility index (Phi) is 2.74. The van der Waals surface area contributed by atoms with Crippen LogP contribution >= 0.6 is 0 Å². The molecule has 1 aliphatic carbocycles. The smallest absolute Gasteiger partial charge is 0.393 e. The molecular weight excluding hydrogens is 257 g/mol. The number of nitrogens with two attached hydrogens (primary N) is 1. The molecule has 1 aromatic rings. The van der Waals surface area contributed by atoms with E-state index in [9.17, 15) is 13.2 Å². The van der Waals surface area contributed by atoms with Crippen LogP contribution in [0.3, 0.4) is 0 Å². The van der Waals surface area contributed by atoms with Gasteiger partial charge in [-0.1, -0.05) is 0 Å². The van der Waals surface area contributed by atoms with Crippen molar-refractivity contribution in [3.8, 4) is 5.88 Å². The van der Waals surface area contributed by atoms with Gasteiger partial charge < -0.3 is 10.5 Å². The molecule has 0 unspecified atom stereocenters. The van der Waals surface area contributed by atoms with Gasteiger partial charge in [0, 0.05) is 24.2 Å². The van der Waals surface area contributed by atoms with Crippen molar-refractivity contribution in [2.45, 2.75) is 49.9 Å². The average molecular weight is 272 g/mol. The van der Waals surface area contributed by atoms with Crippen LogP contribution in [0.15, 0.2) is 12.3 Å². The first-order valence-electron chi connectivity index (χ1n) is 6.37. The lowest BCUT2D eigenvalue weighted by molar-refractivity contribution is -0.127. The first-order valence-corrected chi connectivity index (χ1v) is 6.37. The largest absolute Gasteiger partial charge is 0.471 e. The molecule has 19 heavy (non-hydrogen) atoms. The highest BCUT2D eigenvalue weighted by atomic mass is 19.4. The van der Waals surface area contributed by atoms with Crippen LogP contribution in [0.25, 0.3) is 0 Å². The fourth-order valence-electron chi connectivity index (χ4n) is 2.83. The van der Waals surface area contributed by atoms with Gasteiger partial charge in [0.25, 0.3) is 0 Å². The molecule has 1 aromatic heterocycles. The van der Waals surface area contributed by atoms with E-state index in [0.717, 1.165) is 19.3 Å². The third-order valence-corrected chi connectivity index (χ3v) is 3.91. The SMILES string of the molecule is N[C@H]1CC2(CCC2)Oc2ncc(CC(F)(F)F)cc21. The van der Waals surface area contributed by atoms with Crippen molar-refractivity contribution in [1.82, 2.24) is 4.98 Å². The Balaban J connectivity index is 1.87. The topological polar surface area (TPSA) is 48.1 Å². The van der Waals surface area contributed by atoms with E-state index in [1.54, 1.807) is 0 Å². The van der Waals surface area contributed by atoms with Crippen molar-refractivity contribution in [3.05, 3.63) is 23.4 Å². The molecule has 0 aromatic carbocycles. The first-order chi connectivity index (χ1) is 8.87. The van der Waals surface area contributed by atoms with Gasteiger partial charge in [0.05, 0.1) is 6.42 Å². The fourth-order valence-corrected chi connectivity index (χ4v) is 2.83. The maximum atomic E-state index is 12.4. The van der Waals surface area contributed by atoms with Crippen LogP contribution in [0.2, 0.25) is 0 Å². The Morgan fingerprint density at radius 3 is 2.74 bits per heavy atom. The van der Waals surface area contributed by atoms with Gasteiger partial charge >= 0.3 is 6.18 Å². The number of hydrogen-bond acceptors (Lipinski definition) is 3. The molecule has 0 amide bonds. The second-order valence-electron chi connectivity index (χ2n) is 5.48. The van der Waals surface area contributed by atoms with Crippen molar-refractivity contribution in [1.29, 1.82) is 0 Å². The number of hydrogen-bond donors (Lipinski definition) is 1. The molecule has 1 fully saturated rings. The molecule has 104 valence electrons. The molecule has 3 nitrogen and oxygen atoms in total. The average Bonchev–Trinajstić information content (AvgIpc) is 2.25. The molecule has 1 saturated carbocycles. The van der Waals surface area contributed by atoms with Crippen molar-refractivity contribution in [2.75, 3.05) is 0 Å². The third kappa shape index (κ3) is 2.41. The third-order valence-electron chi connectivity index (χ3n) is 3.91. The van der Waals surface area contributed by atoms with Gasteiger partial charge in [-0.2, -0.15) is 13.2 Å². The monoisotopic (exact) mass is 272 g/mol. The molecule has 0 radical (unpaired) electrons. The van der Waals surface area contributed by atoms with Gasteiger partial charge in [-0.15, -0.1) is 0 Å². The summed E-state index contributed by atoms with van der Waals surface area (Å²) < 4.78 is 42.9. The van der Waals surface area contributed by atoms with Crippen LogP contribution < -0.4 is 10.5 Å². The molecule has 1 atom stereocenters. The molecule has 0 bridgehead atoms. The molecular formula is C13H15F3N2O. The van der Waals surface area contributed by atoms with Crippen LogP contribution in [0.4, 0.5) is 13.2 Å². The van der Waals surface area contributed by atoms with E-state index in [0.29, 0.717) is 17.9 Å². The fraction of sp³-hybridized carbons (Fsp3) is 0.615. The lowest BCUT2D eigenvalue weighted by atomic mass is 9.73. The van der Waals surface area contributed by atoms with E-state index in [2.05, 4.69) is 4.98 Å². The second-order valence-corrected chi connectivity index (χ2v) is 5.48. The van der Waals surface area contributed by atoms with Crippen molar-refractivity contribution >= 4 is 0 Å². The van der Waals surface area contributed by atoms with Crippen LogP contribution in [0.1, 0.15) is 42.9 Å². The van der Waals surface area contributed by atoms with Gasteiger partial charge in [0.15, 0.2) is 0 Å². The van der Waals surface area contributed by atoms with Gasteiger partial charge in [0.2, 0.25) is 5.88 Å². The normalized spacial score (nSPS) is 24.5. The zero-order valence-electron chi connectivity index (χ0n) is 10.3. The minimum Gasteiger partial charge on any atom is -0.471 e. The summed E-state index contributed by atoms with van der Waals surface area (Å²) in [5, 5.41) is 0. The molecule has 0 saturated heterocycles. The maximum Gasteiger partial charge on any atom is 0.393 e. The number of fused-ring (bicyclic) bond motifs is 1. The number of halogens is 3. The van der Waals surface area contributed by atoms with E-state index in [1.165, 1.54) is 12.3 Å². The van der Waals surface area contributed by atoms with E-state index in [1.807, 2.05) is 0 Å². The van der Waals surface area contributed by atoms with Gasteiger partial charge in [-0.3, -0.25) is 0 Å². The predicted octanol–water partition coefficient (Wildman–Crippen LogP) is 2.89. The summed E-state index contributed by atoms with van der Waals surface area (Å²) in [6.45, 7) is 0.